The molecule has 0 unspecified atom stereocenters. The number of halogens is 1. The first-order chi connectivity index (χ1) is 12.6. The minimum atomic E-state index is -0.311. The van der Waals surface area contributed by atoms with Crippen LogP contribution in [0.5, 0.6) is 0 Å². The number of ether oxygens (including phenoxy) is 2. The third-order valence-electron chi connectivity index (χ3n) is 4.36. The van der Waals surface area contributed by atoms with Crippen LogP contribution >= 0.6 is 24.0 Å². The molecule has 0 spiro atoms. The molecule has 1 N–H and O–H groups in total. The first kappa shape index (κ1) is 23.7. The van der Waals surface area contributed by atoms with Crippen molar-refractivity contribution in [1.82, 2.24) is 10.2 Å². The second kappa shape index (κ2) is 12.9. The molecule has 0 saturated heterocycles. The molecule has 0 atom stereocenters. The van der Waals surface area contributed by atoms with Gasteiger partial charge in [0.1, 0.15) is 0 Å². The Hall–Kier alpha value is -1.35. The molecule has 7 heteroatoms. The van der Waals surface area contributed by atoms with Gasteiger partial charge < -0.3 is 19.7 Å². The maximum Gasteiger partial charge on any atom is 0.337 e. The number of hydrogen-bond donors (Lipinski definition) is 1. The largest absolute Gasteiger partial charge is 0.465 e. The van der Waals surface area contributed by atoms with Crippen LogP contribution in [0.2, 0.25) is 0 Å². The maximum atomic E-state index is 11.5. The average molecular weight is 489 g/mol. The van der Waals surface area contributed by atoms with Crippen LogP contribution in [-0.2, 0) is 15.9 Å². The van der Waals surface area contributed by atoms with Crippen molar-refractivity contribution in [2.75, 3.05) is 47.0 Å². The molecule has 1 aliphatic carbocycles. The number of nitrogens with one attached hydrogen (secondary N) is 1. The number of esters is 1. The molecular weight excluding hydrogens is 457 g/mol. The lowest BCUT2D eigenvalue weighted by atomic mass is 10.1. The molecule has 2 rings (SSSR count). The van der Waals surface area contributed by atoms with Gasteiger partial charge in [0, 0.05) is 33.3 Å². The highest BCUT2D eigenvalue weighted by Gasteiger charge is 2.21. The summed E-state index contributed by atoms with van der Waals surface area (Å²) in [7, 11) is 3.42. The van der Waals surface area contributed by atoms with Gasteiger partial charge in [0.25, 0.3) is 0 Å². The van der Waals surface area contributed by atoms with Crippen molar-refractivity contribution in [2.45, 2.75) is 26.2 Å². The van der Waals surface area contributed by atoms with E-state index >= 15 is 0 Å². The van der Waals surface area contributed by atoms with Gasteiger partial charge in [-0.3, -0.25) is 4.99 Å². The molecule has 0 heterocycles. The first-order valence-electron chi connectivity index (χ1n) is 9.38. The van der Waals surface area contributed by atoms with Gasteiger partial charge in [-0.2, -0.15) is 0 Å². The van der Waals surface area contributed by atoms with E-state index in [0.29, 0.717) is 12.1 Å². The number of methoxy groups -OCH3 is 1. The van der Waals surface area contributed by atoms with Gasteiger partial charge in [0.15, 0.2) is 5.96 Å². The van der Waals surface area contributed by atoms with Gasteiger partial charge >= 0.3 is 5.97 Å². The van der Waals surface area contributed by atoms with Crippen LogP contribution < -0.4 is 5.32 Å². The molecule has 1 fully saturated rings. The molecule has 1 aromatic rings. The number of likely N-dealkylation sites (N-methyl/N-ethyl adjacent to an activating group) is 1. The second-order valence-electron chi connectivity index (χ2n) is 6.61. The van der Waals surface area contributed by atoms with Crippen molar-refractivity contribution in [1.29, 1.82) is 0 Å². The summed E-state index contributed by atoms with van der Waals surface area (Å²) in [6.45, 7) is 6.04. The van der Waals surface area contributed by atoms with E-state index in [4.69, 9.17) is 14.5 Å². The van der Waals surface area contributed by atoms with Crippen molar-refractivity contribution in [2.24, 2.45) is 10.9 Å². The Bertz CT molecular complexity index is 589. The van der Waals surface area contributed by atoms with Gasteiger partial charge in [0.05, 0.1) is 19.3 Å². The SMILES string of the molecule is CCNC(=NCCc1ccc(C(=O)OC)cc1)N(C)CCOCC1CC1.I. The number of carbonyl (C=O) groups excluding carboxylic acids is 1. The van der Waals surface area contributed by atoms with E-state index in [2.05, 4.69) is 17.1 Å². The highest BCUT2D eigenvalue weighted by Crippen LogP contribution is 2.28. The molecular formula is C20H32IN3O3. The number of carbonyl (C=O) groups is 1. The van der Waals surface area contributed by atoms with E-state index in [1.165, 1.54) is 20.0 Å². The highest BCUT2D eigenvalue weighted by molar-refractivity contribution is 14.0. The average Bonchev–Trinajstić information content (AvgIpc) is 3.48. The molecule has 6 nitrogen and oxygen atoms in total. The van der Waals surface area contributed by atoms with Crippen molar-refractivity contribution < 1.29 is 14.3 Å². The molecule has 0 bridgehead atoms. The smallest absolute Gasteiger partial charge is 0.337 e. The molecule has 0 aliphatic heterocycles. The zero-order chi connectivity index (χ0) is 18.8. The predicted molar refractivity (Wildman–Crippen MR) is 119 cm³/mol. The van der Waals surface area contributed by atoms with Gasteiger partial charge in [-0.25, -0.2) is 4.79 Å². The number of aliphatic imine (C=N–C) groups is 1. The van der Waals surface area contributed by atoms with Gasteiger partial charge in [-0.15, -0.1) is 24.0 Å². The summed E-state index contributed by atoms with van der Waals surface area (Å²) in [6, 6.07) is 7.48. The lowest BCUT2D eigenvalue weighted by Gasteiger charge is -2.22. The predicted octanol–water partition coefficient (Wildman–Crippen LogP) is 2.96. The Morgan fingerprint density at radius 3 is 2.59 bits per heavy atom. The fourth-order valence-corrected chi connectivity index (χ4v) is 2.53. The lowest BCUT2D eigenvalue weighted by molar-refractivity contribution is 0.0600. The molecule has 27 heavy (non-hydrogen) atoms. The number of guanidine groups is 1. The summed E-state index contributed by atoms with van der Waals surface area (Å²) in [4.78, 5) is 18.3. The van der Waals surface area contributed by atoms with Gasteiger partial charge in [0.2, 0.25) is 0 Å². The quantitative estimate of drug-likeness (QED) is 0.180. The van der Waals surface area contributed by atoms with Gasteiger partial charge in [-0.1, -0.05) is 12.1 Å². The van der Waals surface area contributed by atoms with E-state index in [0.717, 1.165) is 50.2 Å². The third kappa shape index (κ3) is 8.92. The third-order valence-corrected chi connectivity index (χ3v) is 4.36. The topological polar surface area (TPSA) is 63.2 Å². The molecule has 1 aromatic carbocycles. The summed E-state index contributed by atoms with van der Waals surface area (Å²) in [5, 5.41) is 3.32. The van der Waals surface area contributed by atoms with E-state index in [1.54, 1.807) is 12.1 Å². The lowest BCUT2D eigenvalue weighted by Crippen LogP contribution is -2.40. The van der Waals surface area contributed by atoms with Crippen molar-refractivity contribution >= 4 is 35.9 Å². The van der Waals surface area contributed by atoms with Crippen molar-refractivity contribution in [3.05, 3.63) is 35.4 Å². The number of benzene rings is 1. The first-order valence-corrected chi connectivity index (χ1v) is 9.38. The number of nitrogens with zero attached hydrogens (tertiary/aromatic N) is 2. The van der Waals surface area contributed by atoms with Crippen LogP contribution in [0.25, 0.3) is 0 Å². The van der Waals surface area contributed by atoms with Crippen molar-refractivity contribution in [3.8, 4) is 0 Å². The van der Waals surface area contributed by atoms with E-state index in [1.807, 2.05) is 19.2 Å². The van der Waals surface area contributed by atoms with E-state index in [-0.39, 0.29) is 29.9 Å². The van der Waals surface area contributed by atoms with Crippen LogP contribution in [-0.4, -0.2) is 63.8 Å². The number of rotatable bonds is 10. The molecule has 0 aromatic heterocycles. The van der Waals surface area contributed by atoms with E-state index < -0.39 is 0 Å². The summed E-state index contributed by atoms with van der Waals surface area (Å²) in [6.07, 6.45) is 3.46. The Balaban J connectivity index is 0.00000364. The highest BCUT2D eigenvalue weighted by atomic mass is 127. The van der Waals surface area contributed by atoms with Crippen molar-refractivity contribution in [3.63, 3.8) is 0 Å². The molecule has 1 saturated carbocycles. The standard InChI is InChI=1S/C20H31N3O3.HI/c1-4-21-20(23(2)13-14-26-15-17-5-6-17)22-12-11-16-7-9-18(10-8-16)19(24)25-3;/h7-10,17H,4-6,11-15H2,1-3H3,(H,21,22);1H. The maximum absolute atomic E-state index is 11.5. The molecule has 152 valence electrons. The fourth-order valence-electron chi connectivity index (χ4n) is 2.53. The zero-order valence-electron chi connectivity index (χ0n) is 16.6. The summed E-state index contributed by atoms with van der Waals surface area (Å²) < 4.78 is 10.4. The van der Waals surface area contributed by atoms with Crippen LogP contribution in [0, 0.1) is 5.92 Å². The summed E-state index contributed by atoms with van der Waals surface area (Å²) in [5.41, 5.74) is 1.71. The molecule has 1 aliphatic rings. The van der Waals surface area contributed by atoms with Crippen LogP contribution in [0.15, 0.2) is 29.3 Å². The van der Waals surface area contributed by atoms with E-state index in [9.17, 15) is 4.79 Å². The minimum absolute atomic E-state index is 0. The second-order valence-corrected chi connectivity index (χ2v) is 6.61. The normalized spacial score (nSPS) is 13.7. The molecule has 0 amide bonds. The Morgan fingerprint density at radius 2 is 2.00 bits per heavy atom. The monoisotopic (exact) mass is 489 g/mol. The zero-order valence-corrected chi connectivity index (χ0v) is 18.9. The fraction of sp³-hybridized carbons (Fsp3) is 0.600. The molecule has 0 radical (unpaired) electrons. The van der Waals surface area contributed by atoms with Crippen LogP contribution in [0.4, 0.5) is 0 Å². The summed E-state index contributed by atoms with van der Waals surface area (Å²) >= 11 is 0. The Labute approximate surface area is 179 Å². The van der Waals surface area contributed by atoms with Gasteiger partial charge in [-0.05, 0) is 49.8 Å². The Morgan fingerprint density at radius 1 is 1.30 bits per heavy atom. The van der Waals surface area contributed by atoms with Crippen LogP contribution in [0.3, 0.4) is 0 Å². The van der Waals surface area contributed by atoms with Crippen LogP contribution in [0.1, 0.15) is 35.7 Å². The Kier molecular flexibility index (Phi) is 11.3. The minimum Gasteiger partial charge on any atom is -0.465 e. The number of hydrogen-bond acceptors (Lipinski definition) is 4. The summed E-state index contributed by atoms with van der Waals surface area (Å²) in [5.74, 6) is 1.39.